The van der Waals surface area contributed by atoms with Gasteiger partial charge in [-0.2, -0.15) is 0 Å². The minimum atomic E-state index is -0.231. The number of rotatable bonds is 2. The highest BCUT2D eigenvalue weighted by molar-refractivity contribution is 4.64. The first-order valence-electron chi connectivity index (χ1n) is 2.90. The highest BCUT2D eigenvalue weighted by Gasteiger charge is 2.08. The van der Waals surface area contributed by atoms with Crippen LogP contribution < -0.4 is 0 Å². The average molecular weight is 117 g/mol. The largest absolute Gasteiger partial charge is 0.392 e. The van der Waals surface area contributed by atoms with Gasteiger partial charge in [0.1, 0.15) is 0 Å². The minimum Gasteiger partial charge on any atom is -0.392 e. The number of hydrogen-bond donors (Lipinski definition) is 1. The van der Waals surface area contributed by atoms with Crippen molar-refractivity contribution in [1.82, 2.24) is 4.90 Å². The normalized spacial score (nSPS) is 18.8. The van der Waals surface area contributed by atoms with E-state index in [1.165, 1.54) is 0 Å². The molecule has 1 N–H and O–H groups in total. The van der Waals surface area contributed by atoms with Crippen LogP contribution in [0.3, 0.4) is 0 Å². The summed E-state index contributed by atoms with van der Waals surface area (Å²) in [6.07, 6.45) is -0.231. The van der Waals surface area contributed by atoms with E-state index in [2.05, 4.69) is 0 Å². The van der Waals surface area contributed by atoms with Crippen LogP contribution >= 0.6 is 0 Å². The van der Waals surface area contributed by atoms with Gasteiger partial charge >= 0.3 is 0 Å². The van der Waals surface area contributed by atoms with E-state index in [-0.39, 0.29) is 12.1 Å². The Morgan fingerprint density at radius 2 is 1.62 bits per heavy atom. The Balaban J connectivity index is 3.46. The van der Waals surface area contributed by atoms with Gasteiger partial charge in [0.15, 0.2) is 0 Å². The minimum absolute atomic E-state index is 0.231. The van der Waals surface area contributed by atoms with Crippen molar-refractivity contribution in [2.24, 2.45) is 0 Å². The van der Waals surface area contributed by atoms with E-state index in [0.29, 0.717) is 0 Å². The van der Waals surface area contributed by atoms with Gasteiger partial charge in [-0.05, 0) is 27.9 Å². The van der Waals surface area contributed by atoms with Crippen LogP contribution in [-0.2, 0) is 0 Å². The molecular formula is C6H15NO. The molecule has 0 radical (unpaired) electrons. The Kier molecular flexibility index (Phi) is 3.02. The van der Waals surface area contributed by atoms with E-state index < -0.39 is 0 Å². The van der Waals surface area contributed by atoms with E-state index in [9.17, 15) is 0 Å². The quantitative estimate of drug-likeness (QED) is 0.563. The molecule has 0 heterocycles. The number of aliphatic hydroxyl groups excluding tert-OH is 1. The van der Waals surface area contributed by atoms with Gasteiger partial charge in [-0.15, -0.1) is 0 Å². The van der Waals surface area contributed by atoms with E-state index in [4.69, 9.17) is 5.11 Å². The molecule has 0 spiro atoms. The highest BCUT2D eigenvalue weighted by atomic mass is 16.3. The van der Waals surface area contributed by atoms with Crippen molar-refractivity contribution < 1.29 is 5.11 Å². The Morgan fingerprint density at radius 3 is 1.62 bits per heavy atom. The monoisotopic (exact) mass is 117 g/mol. The van der Waals surface area contributed by atoms with Gasteiger partial charge in [-0.3, -0.25) is 0 Å². The van der Waals surface area contributed by atoms with Gasteiger partial charge in [-0.25, -0.2) is 0 Å². The fourth-order valence-corrected chi connectivity index (χ4v) is 0.431. The Morgan fingerprint density at radius 1 is 1.25 bits per heavy atom. The molecule has 0 aliphatic heterocycles. The lowest BCUT2D eigenvalue weighted by atomic mass is 10.2. The number of aliphatic hydroxyl groups is 1. The molecule has 0 aromatic rings. The zero-order valence-corrected chi connectivity index (χ0v) is 6.05. The summed E-state index contributed by atoms with van der Waals surface area (Å²) >= 11 is 0. The third-order valence-corrected chi connectivity index (χ3v) is 1.51. The van der Waals surface area contributed by atoms with E-state index >= 15 is 0 Å². The highest BCUT2D eigenvalue weighted by Crippen LogP contribution is 1.96. The lowest BCUT2D eigenvalue weighted by molar-refractivity contribution is 0.101. The summed E-state index contributed by atoms with van der Waals surface area (Å²) in [5.74, 6) is 0. The third-order valence-electron chi connectivity index (χ3n) is 1.51. The second-order valence-electron chi connectivity index (χ2n) is 2.44. The van der Waals surface area contributed by atoms with Crippen LogP contribution in [0.5, 0.6) is 0 Å². The second-order valence-corrected chi connectivity index (χ2v) is 2.44. The molecule has 0 aromatic heterocycles. The molecule has 0 bridgehead atoms. The molecule has 0 aliphatic carbocycles. The van der Waals surface area contributed by atoms with Gasteiger partial charge in [-0.1, -0.05) is 0 Å². The lowest BCUT2D eigenvalue weighted by Gasteiger charge is -2.21. The molecule has 2 nitrogen and oxygen atoms in total. The van der Waals surface area contributed by atoms with Gasteiger partial charge in [0, 0.05) is 6.04 Å². The first kappa shape index (κ1) is 7.92. The fourth-order valence-electron chi connectivity index (χ4n) is 0.431. The second kappa shape index (κ2) is 3.05. The van der Waals surface area contributed by atoms with Gasteiger partial charge < -0.3 is 10.0 Å². The summed E-state index contributed by atoms with van der Waals surface area (Å²) in [5, 5.41) is 8.95. The van der Waals surface area contributed by atoms with E-state index in [1.54, 1.807) is 6.92 Å². The van der Waals surface area contributed by atoms with Crippen LogP contribution in [0.1, 0.15) is 13.8 Å². The summed E-state index contributed by atoms with van der Waals surface area (Å²) < 4.78 is 0. The molecule has 2 atom stereocenters. The maximum atomic E-state index is 8.95. The Hall–Kier alpha value is -0.0800. The van der Waals surface area contributed by atoms with Crippen LogP contribution in [0.25, 0.3) is 0 Å². The van der Waals surface area contributed by atoms with Crippen molar-refractivity contribution in [2.75, 3.05) is 14.1 Å². The molecule has 2 unspecified atom stereocenters. The summed E-state index contributed by atoms with van der Waals surface area (Å²) in [6.45, 7) is 3.79. The molecule has 0 amide bonds. The van der Waals surface area contributed by atoms with Gasteiger partial charge in [0.05, 0.1) is 6.10 Å². The van der Waals surface area contributed by atoms with Gasteiger partial charge in [0.2, 0.25) is 0 Å². The lowest BCUT2D eigenvalue weighted by Crippen LogP contribution is -2.34. The maximum absolute atomic E-state index is 8.95. The number of hydrogen-bond acceptors (Lipinski definition) is 2. The van der Waals surface area contributed by atoms with Crippen molar-refractivity contribution in [3.63, 3.8) is 0 Å². The summed E-state index contributed by atoms with van der Waals surface area (Å²) in [7, 11) is 3.91. The maximum Gasteiger partial charge on any atom is 0.0664 e. The first-order chi connectivity index (χ1) is 3.55. The van der Waals surface area contributed by atoms with Crippen LogP contribution in [0.4, 0.5) is 0 Å². The van der Waals surface area contributed by atoms with E-state index in [0.717, 1.165) is 0 Å². The molecule has 2 heteroatoms. The molecule has 8 heavy (non-hydrogen) atoms. The van der Waals surface area contributed by atoms with Crippen molar-refractivity contribution in [1.29, 1.82) is 0 Å². The first-order valence-corrected chi connectivity index (χ1v) is 2.90. The van der Waals surface area contributed by atoms with Crippen molar-refractivity contribution >= 4 is 0 Å². The van der Waals surface area contributed by atoms with Crippen LogP contribution in [0.2, 0.25) is 0 Å². The summed E-state index contributed by atoms with van der Waals surface area (Å²) in [4.78, 5) is 1.99. The van der Waals surface area contributed by atoms with Crippen molar-refractivity contribution in [3.8, 4) is 0 Å². The third kappa shape index (κ3) is 2.28. The zero-order valence-electron chi connectivity index (χ0n) is 6.05. The number of nitrogens with zero attached hydrogens (tertiary/aromatic N) is 1. The average Bonchev–Trinajstić information content (AvgIpc) is 1.64. The SMILES string of the molecule is CC(O)C(C)N(C)C. The molecule has 0 aromatic carbocycles. The molecule has 0 aliphatic rings. The molecular weight excluding hydrogens is 102 g/mol. The van der Waals surface area contributed by atoms with Crippen molar-refractivity contribution in [2.45, 2.75) is 26.0 Å². The molecule has 50 valence electrons. The van der Waals surface area contributed by atoms with E-state index in [1.807, 2.05) is 25.9 Å². The molecule has 0 saturated carbocycles. The van der Waals surface area contributed by atoms with Gasteiger partial charge in [0.25, 0.3) is 0 Å². The fraction of sp³-hybridized carbons (Fsp3) is 1.00. The summed E-state index contributed by atoms with van der Waals surface area (Å²) in [6, 6.07) is 0.259. The standard InChI is InChI=1S/C6H15NO/c1-5(6(2)8)7(3)4/h5-6,8H,1-4H3. The summed E-state index contributed by atoms with van der Waals surface area (Å²) in [5.41, 5.74) is 0. The Labute approximate surface area is 51.1 Å². The Bertz CT molecular complexity index is 53.5. The number of likely N-dealkylation sites (N-methyl/N-ethyl adjacent to an activating group) is 1. The zero-order chi connectivity index (χ0) is 6.73. The predicted molar refractivity (Wildman–Crippen MR) is 34.8 cm³/mol. The smallest absolute Gasteiger partial charge is 0.0664 e. The van der Waals surface area contributed by atoms with Crippen LogP contribution in [0.15, 0.2) is 0 Å². The van der Waals surface area contributed by atoms with Crippen LogP contribution in [0, 0.1) is 0 Å². The van der Waals surface area contributed by atoms with Crippen LogP contribution in [-0.4, -0.2) is 36.2 Å². The molecule has 0 fully saturated rings. The molecule has 0 rings (SSSR count). The predicted octanol–water partition coefficient (Wildman–Crippen LogP) is 0.317. The van der Waals surface area contributed by atoms with Crippen molar-refractivity contribution in [3.05, 3.63) is 0 Å². The molecule has 0 saturated heterocycles. The topological polar surface area (TPSA) is 23.5 Å².